The highest BCUT2D eigenvalue weighted by molar-refractivity contribution is 4.90. The van der Waals surface area contributed by atoms with Gasteiger partial charge in [-0.25, -0.2) is 0 Å². The second-order valence-electron chi connectivity index (χ2n) is 3.19. The van der Waals surface area contributed by atoms with Crippen LogP contribution in [0.25, 0.3) is 0 Å². The fourth-order valence-electron chi connectivity index (χ4n) is 1.35. The SMILES string of the molecule is C/C=C/CCC1(O)CCC1. The third-order valence-corrected chi connectivity index (χ3v) is 2.30. The van der Waals surface area contributed by atoms with Gasteiger partial charge in [0.05, 0.1) is 5.60 Å². The molecule has 10 heavy (non-hydrogen) atoms. The Morgan fingerprint density at radius 1 is 1.50 bits per heavy atom. The predicted octanol–water partition coefficient (Wildman–Crippen LogP) is 2.26. The molecule has 0 heterocycles. The Morgan fingerprint density at radius 3 is 2.60 bits per heavy atom. The van der Waals surface area contributed by atoms with Crippen molar-refractivity contribution >= 4 is 0 Å². The van der Waals surface area contributed by atoms with Gasteiger partial charge in [-0.3, -0.25) is 0 Å². The lowest BCUT2D eigenvalue weighted by Crippen LogP contribution is -2.36. The zero-order valence-electron chi connectivity index (χ0n) is 6.64. The van der Waals surface area contributed by atoms with Crippen molar-refractivity contribution in [3.8, 4) is 0 Å². The topological polar surface area (TPSA) is 20.2 Å². The van der Waals surface area contributed by atoms with Crippen molar-refractivity contribution in [2.24, 2.45) is 0 Å². The molecule has 0 atom stereocenters. The minimum atomic E-state index is -0.278. The molecule has 0 unspecified atom stereocenters. The zero-order valence-corrected chi connectivity index (χ0v) is 6.64. The molecule has 58 valence electrons. The van der Waals surface area contributed by atoms with E-state index in [1.165, 1.54) is 6.42 Å². The highest BCUT2D eigenvalue weighted by Crippen LogP contribution is 2.35. The first-order valence-electron chi connectivity index (χ1n) is 4.10. The Balaban J connectivity index is 2.12. The van der Waals surface area contributed by atoms with Gasteiger partial charge in [0.1, 0.15) is 0 Å². The van der Waals surface area contributed by atoms with Crippen LogP contribution >= 0.6 is 0 Å². The summed E-state index contributed by atoms with van der Waals surface area (Å²) < 4.78 is 0. The van der Waals surface area contributed by atoms with Gasteiger partial charge in [0.15, 0.2) is 0 Å². The molecule has 1 heteroatoms. The van der Waals surface area contributed by atoms with Gasteiger partial charge in [0.2, 0.25) is 0 Å². The molecule has 0 spiro atoms. The summed E-state index contributed by atoms with van der Waals surface area (Å²) in [7, 11) is 0. The largest absolute Gasteiger partial charge is 0.390 e. The van der Waals surface area contributed by atoms with Crippen LogP contribution in [0.15, 0.2) is 12.2 Å². The van der Waals surface area contributed by atoms with Crippen LogP contribution in [-0.2, 0) is 0 Å². The monoisotopic (exact) mass is 140 g/mol. The van der Waals surface area contributed by atoms with E-state index in [1.54, 1.807) is 0 Å². The highest BCUT2D eigenvalue weighted by Gasteiger charge is 2.32. The highest BCUT2D eigenvalue weighted by atomic mass is 16.3. The molecule has 0 bridgehead atoms. The van der Waals surface area contributed by atoms with Crippen LogP contribution in [0.4, 0.5) is 0 Å². The standard InChI is InChI=1S/C9H16O/c1-2-3-4-6-9(10)7-5-8-9/h2-3,10H,4-8H2,1H3/b3-2+. The fourth-order valence-corrected chi connectivity index (χ4v) is 1.35. The first-order chi connectivity index (χ1) is 4.77. The molecule has 0 aromatic carbocycles. The van der Waals surface area contributed by atoms with Gasteiger partial charge in [-0.15, -0.1) is 0 Å². The molecule has 0 aromatic heterocycles. The quantitative estimate of drug-likeness (QED) is 0.596. The maximum Gasteiger partial charge on any atom is 0.0650 e. The molecule has 1 aliphatic carbocycles. The molecule has 0 aromatic rings. The van der Waals surface area contributed by atoms with E-state index in [0.717, 1.165) is 25.7 Å². The molecule has 0 radical (unpaired) electrons. The lowest BCUT2D eigenvalue weighted by molar-refractivity contribution is -0.0392. The van der Waals surface area contributed by atoms with Gasteiger partial charge < -0.3 is 5.11 Å². The minimum absolute atomic E-state index is 0.278. The summed E-state index contributed by atoms with van der Waals surface area (Å²) >= 11 is 0. The third-order valence-electron chi connectivity index (χ3n) is 2.30. The lowest BCUT2D eigenvalue weighted by atomic mass is 9.77. The van der Waals surface area contributed by atoms with E-state index in [0.29, 0.717) is 0 Å². The average Bonchev–Trinajstić information content (AvgIpc) is 1.85. The van der Waals surface area contributed by atoms with E-state index in [9.17, 15) is 5.11 Å². The van der Waals surface area contributed by atoms with Crippen molar-refractivity contribution < 1.29 is 5.11 Å². The normalized spacial score (nSPS) is 23.0. The molecule has 0 aliphatic heterocycles. The molecule has 0 saturated heterocycles. The average molecular weight is 140 g/mol. The number of rotatable bonds is 3. The van der Waals surface area contributed by atoms with Gasteiger partial charge >= 0.3 is 0 Å². The van der Waals surface area contributed by atoms with Crippen LogP contribution in [-0.4, -0.2) is 10.7 Å². The van der Waals surface area contributed by atoms with Crippen molar-refractivity contribution in [1.82, 2.24) is 0 Å². The number of allylic oxidation sites excluding steroid dienone is 2. The van der Waals surface area contributed by atoms with Crippen molar-refractivity contribution in [3.63, 3.8) is 0 Å². The molecule has 1 nitrogen and oxygen atoms in total. The maximum atomic E-state index is 9.60. The molecular weight excluding hydrogens is 124 g/mol. The minimum Gasteiger partial charge on any atom is -0.390 e. The van der Waals surface area contributed by atoms with Crippen molar-refractivity contribution in [2.45, 2.75) is 44.6 Å². The second kappa shape index (κ2) is 3.20. The predicted molar refractivity (Wildman–Crippen MR) is 42.8 cm³/mol. The smallest absolute Gasteiger partial charge is 0.0650 e. The number of hydrogen-bond acceptors (Lipinski definition) is 1. The van der Waals surface area contributed by atoms with E-state index in [1.807, 2.05) is 13.0 Å². The number of hydrogen-bond donors (Lipinski definition) is 1. The Labute approximate surface area is 62.8 Å². The first-order valence-corrected chi connectivity index (χ1v) is 4.10. The molecule has 1 saturated carbocycles. The molecule has 1 N–H and O–H groups in total. The maximum absolute atomic E-state index is 9.60. The molecular formula is C9H16O. The van der Waals surface area contributed by atoms with Crippen LogP contribution in [0.1, 0.15) is 39.0 Å². The fraction of sp³-hybridized carbons (Fsp3) is 0.778. The Kier molecular flexibility index (Phi) is 2.50. The summed E-state index contributed by atoms with van der Waals surface area (Å²) in [6, 6.07) is 0. The van der Waals surface area contributed by atoms with Gasteiger partial charge in [-0.1, -0.05) is 12.2 Å². The van der Waals surface area contributed by atoms with Crippen LogP contribution in [0.3, 0.4) is 0 Å². The zero-order chi connectivity index (χ0) is 7.45. The summed E-state index contributed by atoms with van der Waals surface area (Å²) in [6.45, 7) is 2.02. The van der Waals surface area contributed by atoms with E-state index >= 15 is 0 Å². The van der Waals surface area contributed by atoms with Crippen LogP contribution in [0.5, 0.6) is 0 Å². The molecule has 1 rings (SSSR count). The van der Waals surface area contributed by atoms with E-state index < -0.39 is 0 Å². The summed E-state index contributed by atoms with van der Waals surface area (Å²) in [6.07, 6.45) is 9.41. The number of aliphatic hydroxyl groups is 1. The Morgan fingerprint density at radius 2 is 2.20 bits per heavy atom. The van der Waals surface area contributed by atoms with Crippen molar-refractivity contribution in [1.29, 1.82) is 0 Å². The summed E-state index contributed by atoms with van der Waals surface area (Å²) in [4.78, 5) is 0. The summed E-state index contributed by atoms with van der Waals surface area (Å²) in [5, 5.41) is 9.60. The first kappa shape index (κ1) is 7.80. The third kappa shape index (κ3) is 1.84. The van der Waals surface area contributed by atoms with Crippen LogP contribution < -0.4 is 0 Å². The molecule has 1 aliphatic rings. The van der Waals surface area contributed by atoms with Gasteiger partial charge in [-0.05, 0) is 39.0 Å². The second-order valence-corrected chi connectivity index (χ2v) is 3.19. The Bertz CT molecular complexity index is 123. The molecule has 0 amide bonds. The summed E-state index contributed by atoms with van der Waals surface area (Å²) in [5.74, 6) is 0. The lowest BCUT2D eigenvalue weighted by Gasteiger charge is -2.36. The Hall–Kier alpha value is -0.300. The van der Waals surface area contributed by atoms with E-state index in [4.69, 9.17) is 0 Å². The van der Waals surface area contributed by atoms with Crippen LogP contribution in [0, 0.1) is 0 Å². The van der Waals surface area contributed by atoms with Gasteiger partial charge in [0, 0.05) is 0 Å². The van der Waals surface area contributed by atoms with Crippen molar-refractivity contribution in [3.05, 3.63) is 12.2 Å². The van der Waals surface area contributed by atoms with Gasteiger partial charge in [0.25, 0.3) is 0 Å². The van der Waals surface area contributed by atoms with E-state index in [2.05, 4.69) is 6.08 Å². The summed E-state index contributed by atoms with van der Waals surface area (Å²) in [5.41, 5.74) is -0.278. The van der Waals surface area contributed by atoms with E-state index in [-0.39, 0.29) is 5.60 Å². The van der Waals surface area contributed by atoms with Gasteiger partial charge in [-0.2, -0.15) is 0 Å². The van der Waals surface area contributed by atoms with Crippen LogP contribution in [0.2, 0.25) is 0 Å². The van der Waals surface area contributed by atoms with Crippen molar-refractivity contribution in [2.75, 3.05) is 0 Å². The molecule has 1 fully saturated rings.